The van der Waals surface area contributed by atoms with E-state index in [4.69, 9.17) is 10.6 Å². The first-order valence-corrected chi connectivity index (χ1v) is 8.31. The summed E-state index contributed by atoms with van der Waals surface area (Å²) < 4.78 is 46.0. The van der Waals surface area contributed by atoms with Crippen molar-refractivity contribution in [1.29, 1.82) is 0 Å². The van der Waals surface area contributed by atoms with Gasteiger partial charge in [-0.3, -0.25) is 4.99 Å². The van der Waals surface area contributed by atoms with Gasteiger partial charge in [-0.05, 0) is 25.1 Å². The van der Waals surface area contributed by atoms with Gasteiger partial charge in [0, 0.05) is 12.4 Å². The Hall–Kier alpha value is -3.76. The van der Waals surface area contributed by atoms with E-state index in [1.165, 1.54) is 12.3 Å². The van der Waals surface area contributed by atoms with Crippen LogP contribution in [0.3, 0.4) is 0 Å². The largest absolute Gasteiger partial charge is 0.457 e. The summed E-state index contributed by atoms with van der Waals surface area (Å²) in [7, 11) is 0. The molecule has 0 fully saturated rings. The van der Waals surface area contributed by atoms with Crippen LogP contribution in [0.1, 0.15) is 17.8 Å². The van der Waals surface area contributed by atoms with Crippen LogP contribution in [0.25, 0.3) is 5.69 Å². The molecule has 0 aliphatic heterocycles. The molecule has 0 bridgehead atoms. The Bertz CT molecular complexity index is 1030. The molecular weight excluding hydrogens is 387 g/mol. The molecule has 3 rings (SSSR count). The number of hydrogen-bond donors (Lipinski definition) is 1. The fraction of sp³-hybridized carbons (Fsp3) is 0.167. The lowest BCUT2D eigenvalue weighted by Crippen LogP contribution is -2.16. The van der Waals surface area contributed by atoms with Gasteiger partial charge in [0.05, 0.1) is 35.5 Å². The molecule has 0 radical (unpaired) electrons. The third-order valence-corrected chi connectivity index (χ3v) is 3.81. The van der Waals surface area contributed by atoms with Crippen LogP contribution in [-0.2, 0) is 0 Å². The Balaban J connectivity index is 1.63. The van der Waals surface area contributed by atoms with E-state index < -0.39 is 17.8 Å². The average Bonchev–Trinajstić information content (AvgIpc) is 3.15. The molecule has 2 aromatic heterocycles. The van der Waals surface area contributed by atoms with Crippen molar-refractivity contribution in [2.24, 2.45) is 15.9 Å². The van der Waals surface area contributed by atoms with E-state index in [0.717, 1.165) is 18.0 Å². The Morgan fingerprint density at radius 2 is 2.03 bits per heavy atom. The third kappa shape index (κ3) is 4.94. The molecule has 1 aromatic carbocycles. The molecule has 0 aliphatic carbocycles. The summed E-state index contributed by atoms with van der Waals surface area (Å²) in [5.74, 6) is 5.08. The molecule has 3 aromatic rings. The molecular formula is C18H16F3N7O. The van der Waals surface area contributed by atoms with Crippen molar-refractivity contribution in [2.45, 2.75) is 13.3 Å². The lowest BCUT2D eigenvalue weighted by molar-refractivity contribution is 0.146. The van der Waals surface area contributed by atoms with Crippen molar-refractivity contribution in [2.75, 3.05) is 6.61 Å². The van der Waals surface area contributed by atoms with Gasteiger partial charge in [0.1, 0.15) is 24.0 Å². The van der Waals surface area contributed by atoms with Crippen molar-refractivity contribution >= 4 is 17.6 Å². The van der Waals surface area contributed by atoms with Gasteiger partial charge in [0.25, 0.3) is 6.43 Å². The molecule has 8 nitrogen and oxygen atoms in total. The minimum absolute atomic E-state index is 0.0860. The minimum Gasteiger partial charge on any atom is -0.457 e. The number of benzene rings is 1. The zero-order chi connectivity index (χ0) is 20.8. The van der Waals surface area contributed by atoms with Gasteiger partial charge >= 0.3 is 6.01 Å². The third-order valence-electron chi connectivity index (χ3n) is 3.81. The average molecular weight is 403 g/mol. The highest BCUT2D eigenvalue weighted by atomic mass is 19.3. The van der Waals surface area contributed by atoms with Gasteiger partial charge in [-0.15, -0.1) is 0 Å². The molecule has 0 aliphatic rings. The number of aryl methyl sites for hydroxylation is 1. The van der Waals surface area contributed by atoms with Gasteiger partial charge in [-0.2, -0.15) is 5.10 Å². The van der Waals surface area contributed by atoms with Crippen LogP contribution in [0.5, 0.6) is 6.01 Å². The number of hydrogen-bond acceptors (Lipinski definition) is 7. The van der Waals surface area contributed by atoms with E-state index in [9.17, 15) is 13.2 Å². The van der Waals surface area contributed by atoms with Crippen molar-refractivity contribution < 1.29 is 17.9 Å². The number of alkyl halides is 2. The fourth-order valence-electron chi connectivity index (χ4n) is 2.33. The van der Waals surface area contributed by atoms with Crippen LogP contribution in [0.4, 0.5) is 18.9 Å². The standard InChI is InChI=1S/C18H16F3N7O/c1-11-23-4-5-28(11)14-8-25-18(26-9-14)29-10-13(27-22)7-24-12-2-3-16(19)15(6-12)17(20)21/h2-9,17H,10,22H2,1H3. The Labute approximate surface area is 163 Å². The molecule has 0 atom stereocenters. The summed E-state index contributed by atoms with van der Waals surface area (Å²) in [6, 6.07) is 3.21. The summed E-state index contributed by atoms with van der Waals surface area (Å²) in [4.78, 5) is 16.3. The van der Waals surface area contributed by atoms with E-state index in [2.05, 4.69) is 25.0 Å². The highest BCUT2D eigenvalue weighted by Gasteiger charge is 2.13. The molecule has 0 unspecified atom stereocenters. The monoisotopic (exact) mass is 403 g/mol. The lowest BCUT2D eigenvalue weighted by Gasteiger charge is -2.06. The quantitative estimate of drug-likeness (QED) is 0.371. The molecule has 2 heterocycles. The highest BCUT2D eigenvalue weighted by Crippen LogP contribution is 2.26. The highest BCUT2D eigenvalue weighted by molar-refractivity contribution is 6.31. The molecule has 11 heteroatoms. The molecule has 0 saturated carbocycles. The Morgan fingerprint density at radius 1 is 1.28 bits per heavy atom. The Kier molecular flexibility index (Phi) is 6.17. The number of aliphatic imine (C=N–C) groups is 1. The molecule has 0 saturated heterocycles. The SMILES string of the molecule is Cc1nccn1-c1cnc(OCC(C=Nc2ccc(F)c(C(F)F)c2)=NN)nc1. The first-order chi connectivity index (χ1) is 14.0. The minimum atomic E-state index is -2.94. The number of rotatable bonds is 7. The van der Waals surface area contributed by atoms with Crippen LogP contribution in [-0.4, -0.2) is 38.1 Å². The maximum absolute atomic E-state index is 13.3. The van der Waals surface area contributed by atoms with Crippen LogP contribution in [0, 0.1) is 12.7 Å². The number of ether oxygens (including phenoxy) is 1. The molecule has 29 heavy (non-hydrogen) atoms. The van der Waals surface area contributed by atoms with Crippen molar-refractivity contribution in [3.05, 3.63) is 60.2 Å². The van der Waals surface area contributed by atoms with Gasteiger partial charge in [-0.25, -0.2) is 28.1 Å². The van der Waals surface area contributed by atoms with E-state index in [1.54, 1.807) is 29.4 Å². The van der Waals surface area contributed by atoms with Gasteiger partial charge in [-0.1, -0.05) is 0 Å². The number of nitrogens with two attached hydrogens (primary N) is 1. The maximum atomic E-state index is 13.3. The van der Waals surface area contributed by atoms with Crippen LogP contribution >= 0.6 is 0 Å². The summed E-state index contributed by atoms with van der Waals surface area (Å²) in [6.07, 6.45) is 4.85. The number of halogens is 3. The fourth-order valence-corrected chi connectivity index (χ4v) is 2.33. The number of aromatic nitrogens is 4. The maximum Gasteiger partial charge on any atom is 0.316 e. The summed E-state index contributed by atoms with van der Waals surface area (Å²) in [6.45, 7) is 1.74. The van der Waals surface area contributed by atoms with Gasteiger partial charge in [0.15, 0.2) is 0 Å². The van der Waals surface area contributed by atoms with Gasteiger partial charge in [0.2, 0.25) is 0 Å². The smallest absolute Gasteiger partial charge is 0.316 e. The summed E-state index contributed by atoms with van der Waals surface area (Å²) >= 11 is 0. The Morgan fingerprint density at radius 3 is 2.66 bits per heavy atom. The second-order valence-corrected chi connectivity index (χ2v) is 5.74. The molecule has 2 N–H and O–H groups in total. The lowest BCUT2D eigenvalue weighted by atomic mass is 10.2. The van der Waals surface area contributed by atoms with Crippen LogP contribution < -0.4 is 10.6 Å². The number of imidazole rings is 1. The first-order valence-electron chi connectivity index (χ1n) is 8.31. The summed E-state index contributed by atoms with van der Waals surface area (Å²) in [5.41, 5.74) is 0.307. The number of hydrazone groups is 1. The first kappa shape index (κ1) is 20.0. The van der Waals surface area contributed by atoms with Crippen LogP contribution in [0.2, 0.25) is 0 Å². The van der Waals surface area contributed by atoms with Gasteiger partial charge < -0.3 is 15.1 Å². The molecule has 0 spiro atoms. The predicted molar refractivity (Wildman–Crippen MR) is 101 cm³/mol. The van der Waals surface area contributed by atoms with E-state index in [1.807, 2.05) is 6.92 Å². The van der Waals surface area contributed by atoms with Crippen molar-refractivity contribution in [3.63, 3.8) is 0 Å². The molecule has 0 amide bonds. The predicted octanol–water partition coefficient (Wildman–Crippen LogP) is 3.14. The van der Waals surface area contributed by atoms with Crippen molar-refractivity contribution in [3.8, 4) is 11.7 Å². The normalized spacial score (nSPS) is 12.1. The number of nitrogens with zero attached hydrogens (tertiary/aromatic N) is 6. The van der Waals surface area contributed by atoms with Crippen LogP contribution in [0.15, 0.2) is 53.1 Å². The van der Waals surface area contributed by atoms with E-state index in [0.29, 0.717) is 5.69 Å². The van der Waals surface area contributed by atoms with Crippen molar-refractivity contribution in [1.82, 2.24) is 19.5 Å². The zero-order valence-corrected chi connectivity index (χ0v) is 15.2. The van der Waals surface area contributed by atoms with E-state index in [-0.39, 0.29) is 24.0 Å². The summed E-state index contributed by atoms with van der Waals surface area (Å²) in [5, 5.41) is 3.52. The van der Waals surface area contributed by atoms with E-state index >= 15 is 0 Å². The zero-order valence-electron chi connectivity index (χ0n) is 15.2. The topological polar surface area (TPSA) is 104 Å². The molecule has 150 valence electrons. The second kappa shape index (κ2) is 8.95. The second-order valence-electron chi connectivity index (χ2n) is 5.74.